The second-order valence-electron chi connectivity index (χ2n) is 8.05. The Hall–Kier alpha value is -1.60. The van der Waals surface area contributed by atoms with Gasteiger partial charge < -0.3 is 10.2 Å². The molecule has 4 heterocycles. The zero-order valence-electron chi connectivity index (χ0n) is 15.8. The van der Waals surface area contributed by atoms with Crippen LogP contribution in [0.15, 0.2) is 42.5 Å². The van der Waals surface area contributed by atoms with Crippen molar-refractivity contribution in [2.75, 3.05) is 37.7 Å². The van der Waals surface area contributed by atoms with Gasteiger partial charge >= 0.3 is 0 Å². The minimum atomic E-state index is -0.380. The van der Waals surface area contributed by atoms with Gasteiger partial charge in [0.05, 0.1) is 11.0 Å². The molecule has 7 heteroatoms. The molecule has 1 aromatic heterocycles. The first-order chi connectivity index (χ1) is 13.6. The van der Waals surface area contributed by atoms with Crippen LogP contribution in [-0.4, -0.2) is 60.1 Å². The van der Waals surface area contributed by atoms with Crippen LogP contribution in [0.2, 0.25) is 4.34 Å². The van der Waals surface area contributed by atoms with E-state index in [0.29, 0.717) is 12.7 Å². The number of likely N-dealkylation sites (tertiary alicyclic amines) is 2. The SMILES string of the molecule is O=C1NCN(c2ccccc2)C12CCN(C1CN(Cc3ccc(Cl)s3)C1)CC2. The molecule has 148 valence electrons. The maximum absolute atomic E-state index is 12.8. The summed E-state index contributed by atoms with van der Waals surface area (Å²) < 4.78 is 0.867. The van der Waals surface area contributed by atoms with Crippen molar-refractivity contribution in [2.45, 2.75) is 31.0 Å². The number of amides is 1. The Morgan fingerprint density at radius 3 is 2.54 bits per heavy atom. The molecular formula is C21H25ClN4OS. The predicted molar refractivity (Wildman–Crippen MR) is 114 cm³/mol. The number of nitrogens with zero attached hydrogens (tertiary/aromatic N) is 3. The number of carbonyl (C=O) groups is 1. The Balaban J connectivity index is 1.19. The van der Waals surface area contributed by atoms with E-state index in [2.05, 4.69) is 38.2 Å². The van der Waals surface area contributed by atoms with Gasteiger partial charge in [-0.15, -0.1) is 11.3 Å². The zero-order chi connectivity index (χ0) is 19.1. The molecule has 0 radical (unpaired) electrons. The molecular weight excluding hydrogens is 392 g/mol. The summed E-state index contributed by atoms with van der Waals surface area (Å²) in [5, 5.41) is 3.09. The number of rotatable bonds is 4. The topological polar surface area (TPSA) is 38.8 Å². The molecule has 0 atom stereocenters. The molecule has 0 aliphatic carbocycles. The van der Waals surface area contributed by atoms with Gasteiger partial charge in [-0.05, 0) is 37.1 Å². The molecule has 1 N–H and O–H groups in total. The van der Waals surface area contributed by atoms with E-state index in [-0.39, 0.29) is 11.4 Å². The highest BCUT2D eigenvalue weighted by atomic mass is 35.5. The van der Waals surface area contributed by atoms with Gasteiger partial charge in [-0.25, -0.2) is 0 Å². The Bertz CT molecular complexity index is 843. The first-order valence-electron chi connectivity index (χ1n) is 9.96. The number of hydrogen-bond donors (Lipinski definition) is 1. The smallest absolute Gasteiger partial charge is 0.247 e. The van der Waals surface area contributed by atoms with Crippen LogP contribution in [0.3, 0.4) is 0 Å². The van der Waals surface area contributed by atoms with Crippen molar-refractivity contribution in [3.8, 4) is 0 Å². The first-order valence-corrected chi connectivity index (χ1v) is 11.2. The summed E-state index contributed by atoms with van der Waals surface area (Å²) in [7, 11) is 0. The summed E-state index contributed by atoms with van der Waals surface area (Å²) in [4.78, 5) is 21.4. The number of thiophene rings is 1. The zero-order valence-corrected chi connectivity index (χ0v) is 17.4. The second kappa shape index (κ2) is 7.34. The van der Waals surface area contributed by atoms with E-state index in [9.17, 15) is 4.79 Å². The monoisotopic (exact) mass is 416 g/mol. The van der Waals surface area contributed by atoms with Crippen LogP contribution < -0.4 is 10.2 Å². The first kappa shape index (κ1) is 18.4. The van der Waals surface area contributed by atoms with Gasteiger partial charge in [0, 0.05) is 49.3 Å². The Labute approximate surface area is 174 Å². The van der Waals surface area contributed by atoms with E-state index < -0.39 is 0 Å². The van der Waals surface area contributed by atoms with E-state index in [1.54, 1.807) is 11.3 Å². The molecule has 1 spiro atoms. The molecule has 3 aliphatic rings. The quantitative estimate of drug-likeness (QED) is 0.831. The summed E-state index contributed by atoms with van der Waals surface area (Å²) in [6, 6.07) is 15.0. The van der Waals surface area contributed by atoms with Crippen LogP contribution in [0.5, 0.6) is 0 Å². The molecule has 1 amide bonds. The summed E-state index contributed by atoms with van der Waals surface area (Å²) in [5.41, 5.74) is 0.758. The lowest BCUT2D eigenvalue weighted by Gasteiger charge is -2.50. The number of benzene rings is 1. The Morgan fingerprint density at radius 1 is 1.11 bits per heavy atom. The minimum Gasteiger partial charge on any atom is -0.339 e. The van der Waals surface area contributed by atoms with Crippen LogP contribution >= 0.6 is 22.9 Å². The Morgan fingerprint density at radius 2 is 1.86 bits per heavy atom. The fourth-order valence-electron chi connectivity index (χ4n) is 4.85. The predicted octanol–water partition coefficient (Wildman–Crippen LogP) is 3.01. The molecule has 0 bridgehead atoms. The van der Waals surface area contributed by atoms with Crippen molar-refractivity contribution in [1.29, 1.82) is 0 Å². The molecule has 3 fully saturated rings. The lowest BCUT2D eigenvalue weighted by Crippen LogP contribution is -2.64. The third-order valence-electron chi connectivity index (χ3n) is 6.49. The van der Waals surface area contributed by atoms with E-state index >= 15 is 0 Å². The van der Waals surface area contributed by atoms with E-state index in [0.717, 1.165) is 55.6 Å². The summed E-state index contributed by atoms with van der Waals surface area (Å²) in [6.07, 6.45) is 1.79. The highest BCUT2D eigenvalue weighted by Crippen LogP contribution is 2.37. The lowest BCUT2D eigenvalue weighted by atomic mass is 9.84. The highest BCUT2D eigenvalue weighted by Gasteiger charge is 2.51. The van der Waals surface area contributed by atoms with Crippen molar-refractivity contribution < 1.29 is 4.79 Å². The normalized spacial score (nSPS) is 23.2. The molecule has 1 aromatic carbocycles. The number of hydrogen-bond acceptors (Lipinski definition) is 5. The van der Waals surface area contributed by atoms with Crippen molar-refractivity contribution in [2.24, 2.45) is 0 Å². The largest absolute Gasteiger partial charge is 0.339 e. The van der Waals surface area contributed by atoms with Crippen LogP contribution in [0, 0.1) is 0 Å². The van der Waals surface area contributed by atoms with Gasteiger partial charge in [0.2, 0.25) is 5.91 Å². The molecule has 2 aromatic rings. The van der Waals surface area contributed by atoms with E-state index in [1.165, 1.54) is 4.88 Å². The van der Waals surface area contributed by atoms with Crippen LogP contribution in [-0.2, 0) is 11.3 Å². The van der Waals surface area contributed by atoms with Gasteiger partial charge in [-0.3, -0.25) is 14.6 Å². The Kier molecular flexibility index (Phi) is 4.83. The molecule has 5 rings (SSSR count). The molecule has 0 unspecified atom stereocenters. The molecule has 3 saturated heterocycles. The standard InChI is InChI=1S/C21H25ClN4OS/c22-19-7-6-18(28-19)14-24-12-17(13-24)25-10-8-21(9-11-25)20(27)23-15-26(21)16-4-2-1-3-5-16/h1-7,17H,8-15H2,(H,23,27). The number of para-hydroxylation sites is 1. The fourth-order valence-corrected chi connectivity index (χ4v) is 5.98. The highest BCUT2D eigenvalue weighted by molar-refractivity contribution is 7.16. The van der Waals surface area contributed by atoms with Gasteiger partial charge in [-0.2, -0.15) is 0 Å². The van der Waals surface area contributed by atoms with E-state index in [4.69, 9.17) is 11.6 Å². The molecule has 28 heavy (non-hydrogen) atoms. The van der Waals surface area contributed by atoms with Crippen molar-refractivity contribution in [3.63, 3.8) is 0 Å². The number of halogens is 1. The van der Waals surface area contributed by atoms with Crippen molar-refractivity contribution in [3.05, 3.63) is 51.7 Å². The summed E-state index contributed by atoms with van der Waals surface area (Å²) >= 11 is 7.71. The average molecular weight is 417 g/mol. The summed E-state index contributed by atoms with van der Waals surface area (Å²) in [6.45, 7) is 5.80. The number of anilines is 1. The maximum Gasteiger partial charge on any atom is 0.247 e. The number of piperidine rings is 1. The third-order valence-corrected chi connectivity index (χ3v) is 7.71. The molecule has 0 saturated carbocycles. The van der Waals surface area contributed by atoms with Crippen molar-refractivity contribution in [1.82, 2.24) is 15.1 Å². The van der Waals surface area contributed by atoms with Crippen LogP contribution in [0.4, 0.5) is 5.69 Å². The molecule has 3 aliphatic heterocycles. The number of carbonyl (C=O) groups excluding carboxylic acids is 1. The lowest BCUT2D eigenvalue weighted by molar-refractivity contribution is -0.125. The third kappa shape index (κ3) is 3.22. The van der Waals surface area contributed by atoms with E-state index in [1.807, 2.05) is 24.3 Å². The second-order valence-corrected chi connectivity index (χ2v) is 9.85. The average Bonchev–Trinajstić information content (AvgIpc) is 3.23. The maximum atomic E-state index is 12.8. The van der Waals surface area contributed by atoms with Gasteiger partial charge in [0.15, 0.2) is 0 Å². The van der Waals surface area contributed by atoms with Crippen LogP contribution in [0.1, 0.15) is 17.7 Å². The number of nitrogens with one attached hydrogen (secondary N) is 1. The van der Waals surface area contributed by atoms with Gasteiger partial charge in [0.1, 0.15) is 5.54 Å². The minimum absolute atomic E-state index is 0.195. The van der Waals surface area contributed by atoms with Crippen LogP contribution in [0.25, 0.3) is 0 Å². The summed E-state index contributed by atoms with van der Waals surface area (Å²) in [5.74, 6) is 0.195. The van der Waals surface area contributed by atoms with Crippen molar-refractivity contribution >= 4 is 34.5 Å². The van der Waals surface area contributed by atoms with Gasteiger partial charge in [-0.1, -0.05) is 29.8 Å². The molecule has 5 nitrogen and oxygen atoms in total. The van der Waals surface area contributed by atoms with Gasteiger partial charge in [0.25, 0.3) is 0 Å². The fraction of sp³-hybridized carbons (Fsp3) is 0.476.